The molecule has 0 aliphatic heterocycles. The molecule has 1 rings (SSSR count). The van der Waals surface area contributed by atoms with Crippen LogP contribution in [0.15, 0.2) is 43.0 Å². The van der Waals surface area contributed by atoms with Crippen LogP contribution in [0, 0.1) is 0 Å². The second-order valence-corrected chi connectivity index (χ2v) is 3.70. The molecule has 0 spiro atoms. The number of ketones is 1. The third-order valence-corrected chi connectivity index (χ3v) is 2.49. The van der Waals surface area contributed by atoms with E-state index in [-0.39, 0.29) is 5.92 Å². The van der Waals surface area contributed by atoms with Gasteiger partial charge in [-0.1, -0.05) is 43.3 Å². The standard InChI is InChI=1S/C14H18O/c1-3-8-13(14(15)9-4-2)12-10-6-5-7-11-12/h3,5-7,10-11,13H,1,4,8-9H2,2H3/t13-/m1/s1. The first-order valence-electron chi connectivity index (χ1n) is 5.48. The van der Waals surface area contributed by atoms with Gasteiger partial charge < -0.3 is 0 Å². The molecule has 0 amide bonds. The molecule has 0 aliphatic rings. The van der Waals surface area contributed by atoms with Gasteiger partial charge in [0.15, 0.2) is 0 Å². The number of benzene rings is 1. The fraction of sp³-hybridized carbons (Fsp3) is 0.357. The van der Waals surface area contributed by atoms with Crippen molar-refractivity contribution in [2.24, 2.45) is 0 Å². The highest BCUT2D eigenvalue weighted by Gasteiger charge is 2.17. The molecular formula is C14H18O. The van der Waals surface area contributed by atoms with Gasteiger partial charge in [-0.15, -0.1) is 6.58 Å². The van der Waals surface area contributed by atoms with Gasteiger partial charge in [-0.3, -0.25) is 4.79 Å². The van der Waals surface area contributed by atoms with Crippen molar-refractivity contribution in [2.75, 3.05) is 0 Å². The second kappa shape index (κ2) is 6.18. The van der Waals surface area contributed by atoms with Crippen LogP contribution >= 0.6 is 0 Å². The molecule has 15 heavy (non-hydrogen) atoms. The Balaban J connectivity index is 2.82. The van der Waals surface area contributed by atoms with Crippen LogP contribution in [-0.2, 0) is 4.79 Å². The molecule has 1 aromatic rings. The first-order valence-corrected chi connectivity index (χ1v) is 5.48. The van der Waals surface area contributed by atoms with Gasteiger partial charge in [0, 0.05) is 12.3 Å². The molecule has 0 N–H and O–H groups in total. The lowest BCUT2D eigenvalue weighted by molar-refractivity contribution is -0.120. The van der Waals surface area contributed by atoms with Crippen molar-refractivity contribution in [3.8, 4) is 0 Å². The fourth-order valence-electron chi connectivity index (χ4n) is 1.73. The van der Waals surface area contributed by atoms with Crippen LogP contribution in [0.5, 0.6) is 0 Å². The minimum absolute atomic E-state index is 0.00338. The minimum atomic E-state index is 0.00338. The summed E-state index contributed by atoms with van der Waals surface area (Å²) in [5, 5.41) is 0. The molecule has 0 radical (unpaired) electrons. The van der Waals surface area contributed by atoms with E-state index in [1.807, 2.05) is 43.3 Å². The van der Waals surface area contributed by atoms with Crippen LogP contribution in [0.2, 0.25) is 0 Å². The lowest BCUT2D eigenvalue weighted by Gasteiger charge is -2.13. The molecule has 0 fully saturated rings. The SMILES string of the molecule is C=CC[C@@H](C(=O)CCC)c1ccccc1. The highest BCUT2D eigenvalue weighted by Crippen LogP contribution is 2.22. The Hall–Kier alpha value is -1.37. The highest BCUT2D eigenvalue weighted by atomic mass is 16.1. The van der Waals surface area contributed by atoms with Gasteiger partial charge in [0.1, 0.15) is 5.78 Å². The maximum absolute atomic E-state index is 11.9. The third-order valence-electron chi connectivity index (χ3n) is 2.49. The summed E-state index contributed by atoms with van der Waals surface area (Å²) in [6.07, 6.45) is 4.14. The number of Topliss-reactive ketones (excluding diaryl/α,β-unsaturated/α-hetero) is 1. The maximum Gasteiger partial charge on any atom is 0.140 e. The zero-order chi connectivity index (χ0) is 11.1. The summed E-state index contributed by atoms with van der Waals surface area (Å²) in [4.78, 5) is 11.9. The Morgan fingerprint density at radius 2 is 2.07 bits per heavy atom. The summed E-state index contributed by atoms with van der Waals surface area (Å²) in [7, 11) is 0. The molecule has 1 atom stereocenters. The zero-order valence-electron chi connectivity index (χ0n) is 9.28. The predicted molar refractivity (Wildman–Crippen MR) is 63.9 cm³/mol. The van der Waals surface area contributed by atoms with E-state index < -0.39 is 0 Å². The Bertz CT molecular complexity index is 313. The normalized spacial score (nSPS) is 12.1. The molecule has 0 aromatic heterocycles. The molecule has 1 aromatic carbocycles. The average molecular weight is 202 g/mol. The molecule has 0 saturated carbocycles. The molecule has 0 saturated heterocycles. The van der Waals surface area contributed by atoms with Crippen molar-refractivity contribution in [3.63, 3.8) is 0 Å². The summed E-state index contributed by atoms with van der Waals surface area (Å²) in [5.74, 6) is 0.326. The summed E-state index contributed by atoms with van der Waals surface area (Å²) in [5.41, 5.74) is 1.11. The Morgan fingerprint density at radius 3 is 2.60 bits per heavy atom. The van der Waals surface area contributed by atoms with E-state index in [4.69, 9.17) is 0 Å². The molecule has 0 aliphatic carbocycles. The second-order valence-electron chi connectivity index (χ2n) is 3.70. The number of carbonyl (C=O) groups excluding carboxylic acids is 1. The highest BCUT2D eigenvalue weighted by molar-refractivity contribution is 5.85. The number of allylic oxidation sites excluding steroid dienone is 1. The number of carbonyl (C=O) groups is 1. The van der Waals surface area contributed by atoms with E-state index in [1.54, 1.807) is 0 Å². The van der Waals surface area contributed by atoms with Crippen molar-refractivity contribution in [2.45, 2.75) is 32.1 Å². The van der Waals surface area contributed by atoms with E-state index in [0.29, 0.717) is 12.2 Å². The molecule has 1 heteroatoms. The van der Waals surface area contributed by atoms with Crippen LogP contribution in [0.25, 0.3) is 0 Å². The summed E-state index contributed by atoms with van der Waals surface area (Å²) >= 11 is 0. The van der Waals surface area contributed by atoms with Gasteiger partial charge >= 0.3 is 0 Å². The van der Waals surface area contributed by atoms with Crippen molar-refractivity contribution in [3.05, 3.63) is 48.6 Å². The average Bonchev–Trinajstić information content (AvgIpc) is 2.27. The fourth-order valence-corrected chi connectivity index (χ4v) is 1.73. The van der Waals surface area contributed by atoms with E-state index in [1.165, 1.54) is 0 Å². The van der Waals surface area contributed by atoms with Crippen molar-refractivity contribution in [1.29, 1.82) is 0 Å². The third kappa shape index (κ3) is 3.35. The van der Waals surface area contributed by atoms with Gasteiger partial charge in [-0.25, -0.2) is 0 Å². The first-order chi connectivity index (χ1) is 7.29. The smallest absolute Gasteiger partial charge is 0.140 e. The molecule has 0 bridgehead atoms. The van der Waals surface area contributed by atoms with Crippen LogP contribution in [0.4, 0.5) is 0 Å². The maximum atomic E-state index is 11.9. The summed E-state index contributed by atoms with van der Waals surface area (Å²) < 4.78 is 0. The minimum Gasteiger partial charge on any atom is -0.299 e. The Kier molecular flexibility index (Phi) is 4.82. The molecular weight excluding hydrogens is 184 g/mol. The van der Waals surface area contributed by atoms with Crippen LogP contribution in [0.3, 0.4) is 0 Å². The van der Waals surface area contributed by atoms with Gasteiger partial charge in [0.05, 0.1) is 0 Å². The van der Waals surface area contributed by atoms with Gasteiger partial charge in [-0.05, 0) is 18.4 Å². The molecule has 1 nitrogen and oxygen atoms in total. The van der Waals surface area contributed by atoms with Gasteiger partial charge in [-0.2, -0.15) is 0 Å². The van der Waals surface area contributed by atoms with Crippen LogP contribution < -0.4 is 0 Å². The van der Waals surface area contributed by atoms with Crippen molar-refractivity contribution < 1.29 is 4.79 Å². The van der Waals surface area contributed by atoms with Crippen LogP contribution in [0.1, 0.15) is 37.7 Å². The molecule has 0 heterocycles. The monoisotopic (exact) mass is 202 g/mol. The van der Waals surface area contributed by atoms with E-state index in [2.05, 4.69) is 6.58 Å². The van der Waals surface area contributed by atoms with Crippen molar-refractivity contribution in [1.82, 2.24) is 0 Å². The van der Waals surface area contributed by atoms with Gasteiger partial charge in [0.25, 0.3) is 0 Å². The van der Waals surface area contributed by atoms with Gasteiger partial charge in [0.2, 0.25) is 0 Å². The lowest BCUT2D eigenvalue weighted by atomic mass is 9.89. The Labute approximate surface area is 91.8 Å². The van der Waals surface area contributed by atoms with Crippen molar-refractivity contribution >= 4 is 5.78 Å². The zero-order valence-corrected chi connectivity index (χ0v) is 9.28. The van der Waals surface area contributed by atoms with E-state index in [0.717, 1.165) is 18.4 Å². The lowest BCUT2D eigenvalue weighted by Crippen LogP contribution is -2.11. The molecule has 80 valence electrons. The Morgan fingerprint density at radius 1 is 1.40 bits per heavy atom. The van der Waals surface area contributed by atoms with Crippen LogP contribution in [-0.4, -0.2) is 5.78 Å². The number of hydrogen-bond donors (Lipinski definition) is 0. The quantitative estimate of drug-likeness (QED) is 0.642. The first kappa shape index (κ1) is 11.7. The number of rotatable bonds is 6. The number of hydrogen-bond acceptors (Lipinski definition) is 1. The summed E-state index contributed by atoms with van der Waals surface area (Å²) in [6.45, 7) is 5.75. The predicted octanol–water partition coefficient (Wildman–Crippen LogP) is 3.72. The topological polar surface area (TPSA) is 17.1 Å². The van der Waals surface area contributed by atoms with E-state index in [9.17, 15) is 4.79 Å². The molecule has 0 unspecified atom stereocenters. The van der Waals surface area contributed by atoms with E-state index >= 15 is 0 Å². The largest absolute Gasteiger partial charge is 0.299 e. The summed E-state index contributed by atoms with van der Waals surface area (Å²) in [6, 6.07) is 9.96.